The zero-order valence-corrected chi connectivity index (χ0v) is 14.3. The van der Waals surface area contributed by atoms with Crippen molar-refractivity contribution in [3.63, 3.8) is 0 Å². The second-order valence-electron chi connectivity index (χ2n) is 5.49. The summed E-state index contributed by atoms with van der Waals surface area (Å²) in [6.07, 6.45) is 5.71. The van der Waals surface area contributed by atoms with Crippen LogP contribution in [0.2, 0.25) is 5.02 Å². The van der Waals surface area contributed by atoms with E-state index in [2.05, 4.69) is 16.0 Å². The fourth-order valence-electron chi connectivity index (χ4n) is 2.62. The lowest BCUT2D eigenvalue weighted by molar-refractivity contribution is 0.0928. The van der Waals surface area contributed by atoms with Crippen molar-refractivity contribution in [2.75, 3.05) is 11.9 Å². The number of hydrogen-bond acceptors (Lipinski definition) is 2. The van der Waals surface area contributed by atoms with Gasteiger partial charge >= 0.3 is 0 Å². The number of thiocarbonyl (C=S) groups is 1. The second-order valence-corrected chi connectivity index (χ2v) is 6.30. The van der Waals surface area contributed by atoms with Crippen molar-refractivity contribution < 1.29 is 4.79 Å². The quantitative estimate of drug-likeness (QED) is 0.732. The highest BCUT2D eigenvalue weighted by Crippen LogP contribution is 2.22. The summed E-state index contributed by atoms with van der Waals surface area (Å²) in [6.45, 7) is 2.72. The van der Waals surface area contributed by atoms with Gasteiger partial charge in [-0.2, -0.15) is 0 Å². The average Bonchev–Trinajstić information content (AvgIpc) is 2.50. The minimum Gasteiger partial charge on any atom is -0.363 e. The Morgan fingerprint density at radius 1 is 1.32 bits per heavy atom. The lowest BCUT2D eigenvalue weighted by atomic mass is 9.95. The van der Waals surface area contributed by atoms with Crippen LogP contribution >= 0.6 is 23.8 Å². The van der Waals surface area contributed by atoms with Crippen molar-refractivity contribution in [1.82, 2.24) is 10.6 Å². The van der Waals surface area contributed by atoms with Crippen LogP contribution < -0.4 is 16.0 Å². The van der Waals surface area contributed by atoms with E-state index < -0.39 is 0 Å². The molecular weight excluding hydrogens is 318 g/mol. The van der Waals surface area contributed by atoms with Crippen LogP contribution in [0.25, 0.3) is 0 Å². The van der Waals surface area contributed by atoms with Gasteiger partial charge in [0, 0.05) is 18.3 Å². The number of hydrogen-bond donors (Lipinski definition) is 3. The van der Waals surface area contributed by atoms with Crippen molar-refractivity contribution in [2.24, 2.45) is 0 Å². The van der Waals surface area contributed by atoms with Gasteiger partial charge in [0.05, 0.1) is 10.6 Å². The molecule has 1 aliphatic carbocycles. The monoisotopic (exact) mass is 339 g/mol. The molecule has 1 aliphatic rings. The first kappa shape index (κ1) is 17.0. The SMILES string of the molecule is CCNC(=S)Nc1ccc(Cl)c(C(=O)NC2CCCCC2)c1. The number of rotatable bonds is 4. The zero-order chi connectivity index (χ0) is 15.9. The summed E-state index contributed by atoms with van der Waals surface area (Å²) in [5, 5.41) is 10.1. The van der Waals surface area contributed by atoms with E-state index in [0.717, 1.165) is 25.1 Å². The van der Waals surface area contributed by atoms with Gasteiger partial charge in [-0.25, -0.2) is 0 Å². The van der Waals surface area contributed by atoms with Crippen LogP contribution in [-0.2, 0) is 0 Å². The van der Waals surface area contributed by atoms with Gasteiger partial charge in [-0.05, 0) is 50.2 Å². The molecule has 22 heavy (non-hydrogen) atoms. The summed E-state index contributed by atoms with van der Waals surface area (Å²) in [5.74, 6) is -0.116. The Labute approximate surface area is 142 Å². The standard InChI is InChI=1S/C16H22ClN3OS/c1-2-18-16(22)20-12-8-9-14(17)13(10-12)15(21)19-11-6-4-3-5-7-11/h8-11H,2-7H2,1H3,(H,19,21)(H2,18,20,22). The van der Waals surface area contributed by atoms with Crippen LogP contribution in [0.15, 0.2) is 18.2 Å². The lowest BCUT2D eigenvalue weighted by Gasteiger charge is -2.23. The topological polar surface area (TPSA) is 53.2 Å². The lowest BCUT2D eigenvalue weighted by Crippen LogP contribution is -2.36. The van der Waals surface area contributed by atoms with E-state index in [-0.39, 0.29) is 11.9 Å². The Morgan fingerprint density at radius 3 is 2.73 bits per heavy atom. The fourth-order valence-corrected chi connectivity index (χ4v) is 3.09. The minimum atomic E-state index is -0.116. The Bertz CT molecular complexity index is 544. The highest BCUT2D eigenvalue weighted by atomic mass is 35.5. The van der Waals surface area contributed by atoms with Gasteiger partial charge < -0.3 is 16.0 Å². The molecule has 0 heterocycles. The molecule has 1 amide bonds. The summed E-state index contributed by atoms with van der Waals surface area (Å²) in [6, 6.07) is 5.53. The normalized spacial score (nSPS) is 15.2. The number of benzene rings is 1. The van der Waals surface area contributed by atoms with Gasteiger partial charge in [0.25, 0.3) is 5.91 Å². The van der Waals surface area contributed by atoms with Crippen LogP contribution in [-0.4, -0.2) is 23.6 Å². The maximum absolute atomic E-state index is 12.4. The third kappa shape index (κ3) is 4.85. The first-order chi connectivity index (χ1) is 10.6. The summed E-state index contributed by atoms with van der Waals surface area (Å²) >= 11 is 11.3. The number of carbonyl (C=O) groups excluding carboxylic acids is 1. The molecule has 1 fully saturated rings. The molecular formula is C16H22ClN3OS. The van der Waals surface area contributed by atoms with Crippen molar-refractivity contribution in [3.8, 4) is 0 Å². The van der Waals surface area contributed by atoms with E-state index in [1.165, 1.54) is 19.3 Å². The predicted molar refractivity (Wildman–Crippen MR) is 95.7 cm³/mol. The molecule has 2 rings (SSSR count). The Balaban J connectivity index is 2.05. The molecule has 0 unspecified atom stereocenters. The number of nitrogens with one attached hydrogen (secondary N) is 3. The summed E-state index contributed by atoms with van der Waals surface area (Å²) in [7, 11) is 0. The van der Waals surface area contributed by atoms with E-state index in [1.54, 1.807) is 12.1 Å². The van der Waals surface area contributed by atoms with Gasteiger partial charge in [-0.15, -0.1) is 0 Å². The molecule has 1 aromatic carbocycles. The Kier molecular flexibility index (Phi) is 6.46. The predicted octanol–water partition coefficient (Wildman–Crippen LogP) is 3.71. The molecule has 0 atom stereocenters. The van der Waals surface area contributed by atoms with E-state index in [4.69, 9.17) is 23.8 Å². The van der Waals surface area contributed by atoms with Crippen molar-refractivity contribution in [2.45, 2.75) is 45.1 Å². The fraction of sp³-hybridized carbons (Fsp3) is 0.500. The molecule has 4 nitrogen and oxygen atoms in total. The van der Waals surface area contributed by atoms with Crippen LogP contribution in [0.1, 0.15) is 49.4 Å². The van der Waals surface area contributed by atoms with Gasteiger partial charge in [0.2, 0.25) is 0 Å². The highest BCUT2D eigenvalue weighted by molar-refractivity contribution is 7.80. The van der Waals surface area contributed by atoms with Crippen LogP contribution in [0.3, 0.4) is 0 Å². The second kappa shape index (κ2) is 8.34. The molecule has 0 aromatic heterocycles. The molecule has 0 spiro atoms. The van der Waals surface area contributed by atoms with Gasteiger partial charge in [-0.1, -0.05) is 30.9 Å². The van der Waals surface area contributed by atoms with Crippen LogP contribution in [0, 0.1) is 0 Å². The number of amides is 1. The van der Waals surface area contributed by atoms with E-state index >= 15 is 0 Å². The Hall–Kier alpha value is -1.33. The molecule has 120 valence electrons. The summed E-state index contributed by atoms with van der Waals surface area (Å²) < 4.78 is 0. The number of anilines is 1. The highest BCUT2D eigenvalue weighted by Gasteiger charge is 2.18. The first-order valence-electron chi connectivity index (χ1n) is 7.75. The largest absolute Gasteiger partial charge is 0.363 e. The average molecular weight is 340 g/mol. The van der Waals surface area contributed by atoms with Crippen molar-refractivity contribution in [3.05, 3.63) is 28.8 Å². The van der Waals surface area contributed by atoms with E-state index in [9.17, 15) is 4.79 Å². The van der Waals surface area contributed by atoms with Crippen LogP contribution in [0.5, 0.6) is 0 Å². The molecule has 3 N–H and O–H groups in total. The maximum Gasteiger partial charge on any atom is 0.253 e. The summed E-state index contributed by atoms with van der Waals surface area (Å²) in [4.78, 5) is 12.4. The smallest absolute Gasteiger partial charge is 0.253 e. The molecule has 1 saturated carbocycles. The third-order valence-electron chi connectivity index (χ3n) is 3.75. The van der Waals surface area contributed by atoms with Crippen LogP contribution in [0.4, 0.5) is 5.69 Å². The van der Waals surface area contributed by atoms with Gasteiger partial charge in [0.15, 0.2) is 5.11 Å². The Morgan fingerprint density at radius 2 is 2.05 bits per heavy atom. The van der Waals surface area contributed by atoms with Gasteiger partial charge in [-0.3, -0.25) is 4.79 Å². The van der Waals surface area contributed by atoms with Crippen molar-refractivity contribution in [1.29, 1.82) is 0 Å². The zero-order valence-electron chi connectivity index (χ0n) is 12.7. The first-order valence-corrected chi connectivity index (χ1v) is 8.54. The minimum absolute atomic E-state index is 0.116. The number of carbonyl (C=O) groups is 1. The van der Waals surface area contributed by atoms with E-state index in [0.29, 0.717) is 15.7 Å². The van der Waals surface area contributed by atoms with Gasteiger partial charge in [0.1, 0.15) is 0 Å². The maximum atomic E-state index is 12.4. The molecule has 0 bridgehead atoms. The molecule has 1 aromatic rings. The van der Waals surface area contributed by atoms with E-state index in [1.807, 2.05) is 13.0 Å². The molecule has 6 heteroatoms. The third-order valence-corrected chi connectivity index (χ3v) is 4.32. The molecule has 0 aliphatic heterocycles. The summed E-state index contributed by atoms with van der Waals surface area (Å²) in [5.41, 5.74) is 1.24. The molecule has 0 saturated heterocycles. The molecule has 0 radical (unpaired) electrons. The number of halogens is 1. The van der Waals surface area contributed by atoms with Crippen molar-refractivity contribution >= 4 is 40.5 Å².